The van der Waals surface area contributed by atoms with Crippen molar-refractivity contribution in [1.29, 1.82) is 0 Å². The molecule has 0 aromatic carbocycles. The first-order chi connectivity index (χ1) is 5.33. The van der Waals surface area contributed by atoms with Gasteiger partial charge in [0.2, 0.25) is 0 Å². The molecule has 0 spiro atoms. The fraction of sp³-hybridized carbons (Fsp3) is 0.778. The molecule has 2 heteroatoms. The van der Waals surface area contributed by atoms with Gasteiger partial charge in [-0.3, -0.25) is 0 Å². The topological polar surface area (TPSA) is 18.5 Å². The van der Waals surface area contributed by atoms with Gasteiger partial charge in [-0.05, 0) is 32.3 Å². The number of ether oxygens (including phenoxy) is 2. The second-order valence-electron chi connectivity index (χ2n) is 2.92. The first-order valence-corrected chi connectivity index (χ1v) is 4.21. The molecule has 0 fully saturated rings. The van der Waals surface area contributed by atoms with Crippen molar-refractivity contribution in [2.75, 3.05) is 13.2 Å². The van der Waals surface area contributed by atoms with E-state index in [1.807, 2.05) is 13.2 Å². The molecule has 1 heterocycles. The van der Waals surface area contributed by atoms with E-state index in [2.05, 4.69) is 6.92 Å². The van der Waals surface area contributed by atoms with Crippen LogP contribution in [0.2, 0.25) is 0 Å². The van der Waals surface area contributed by atoms with Gasteiger partial charge in [-0.2, -0.15) is 0 Å². The minimum absolute atomic E-state index is 0.290. The number of allylic oxidation sites excluding steroid dienone is 1. The van der Waals surface area contributed by atoms with Crippen molar-refractivity contribution in [3.8, 4) is 0 Å². The molecule has 11 heavy (non-hydrogen) atoms. The normalized spacial score (nSPS) is 24.2. The van der Waals surface area contributed by atoms with Crippen LogP contribution in [0, 0.1) is 0 Å². The van der Waals surface area contributed by atoms with Gasteiger partial charge in [-0.1, -0.05) is 0 Å². The summed E-state index contributed by atoms with van der Waals surface area (Å²) in [6.45, 7) is 5.61. The number of rotatable bonds is 3. The highest BCUT2D eigenvalue weighted by Crippen LogP contribution is 2.16. The molecule has 2 nitrogen and oxygen atoms in total. The van der Waals surface area contributed by atoms with E-state index in [-0.39, 0.29) is 0 Å². The molecule has 0 N–H and O–H groups in total. The summed E-state index contributed by atoms with van der Waals surface area (Å²) in [7, 11) is 0. The standard InChI is InChI=1S/C9H16O2/c1-3-10-7-9-5-4-8(2)6-11-9/h6,9H,3-5,7H2,1-2H3. The second kappa shape index (κ2) is 4.39. The largest absolute Gasteiger partial charge is 0.496 e. The Morgan fingerprint density at radius 1 is 1.73 bits per heavy atom. The van der Waals surface area contributed by atoms with Gasteiger partial charge in [0.15, 0.2) is 0 Å². The third-order valence-corrected chi connectivity index (χ3v) is 1.83. The average molecular weight is 156 g/mol. The van der Waals surface area contributed by atoms with Crippen LogP contribution in [0.1, 0.15) is 26.7 Å². The van der Waals surface area contributed by atoms with Crippen LogP contribution in [0.15, 0.2) is 11.8 Å². The highest BCUT2D eigenvalue weighted by Gasteiger charge is 2.12. The minimum Gasteiger partial charge on any atom is -0.496 e. The van der Waals surface area contributed by atoms with E-state index in [9.17, 15) is 0 Å². The molecule has 0 saturated heterocycles. The second-order valence-corrected chi connectivity index (χ2v) is 2.92. The minimum atomic E-state index is 0.290. The van der Waals surface area contributed by atoms with Crippen LogP contribution in [-0.2, 0) is 9.47 Å². The first kappa shape index (κ1) is 8.60. The summed E-state index contributed by atoms with van der Waals surface area (Å²) < 4.78 is 10.7. The van der Waals surface area contributed by atoms with E-state index < -0.39 is 0 Å². The van der Waals surface area contributed by atoms with Crippen molar-refractivity contribution >= 4 is 0 Å². The lowest BCUT2D eigenvalue weighted by molar-refractivity contribution is 0.0206. The summed E-state index contributed by atoms with van der Waals surface area (Å²) in [6, 6.07) is 0. The van der Waals surface area contributed by atoms with Gasteiger partial charge in [0.1, 0.15) is 6.10 Å². The maximum atomic E-state index is 5.41. The monoisotopic (exact) mass is 156 g/mol. The summed E-state index contributed by atoms with van der Waals surface area (Å²) in [5.74, 6) is 0. The van der Waals surface area contributed by atoms with Crippen molar-refractivity contribution in [2.24, 2.45) is 0 Å². The highest BCUT2D eigenvalue weighted by atomic mass is 16.5. The molecule has 1 unspecified atom stereocenters. The summed E-state index contributed by atoms with van der Waals surface area (Å²) >= 11 is 0. The molecule has 1 atom stereocenters. The van der Waals surface area contributed by atoms with Crippen LogP contribution in [0.4, 0.5) is 0 Å². The summed E-state index contributed by atoms with van der Waals surface area (Å²) in [6.07, 6.45) is 4.39. The van der Waals surface area contributed by atoms with Crippen LogP contribution < -0.4 is 0 Å². The van der Waals surface area contributed by atoms with Crippen LogP contribution in [0.25, 0.3) is 0 Å². The Kier molecular flexibility index (Phi) is 3.43. The van der Waals surface area contributed by atoms with Gasteiger partial charge in [0.25, 0.3) is 0 Å². The van der Waals surface area contributed by atoms with Crippen molar-refractivity contribution in [3.05, 3.63) is 11.8 Å². The van der Waals surface area contributed by atoms with Gasteiger partial charge in [-0.25, -0.2) is 0 Å². The molecule has 0 saturated carbocycles. The maximum absolute atomic E-state index is 5.41. The molecular formula is C9H16O2. The molecule has 64 valence electrons. The predicted molar refractivity (Wildman–Crippen MR) is 44.4 cm³/mol. The summed E-state index contributed by atoms with van der Waals surface area (Å²) in [5, 5.41) is 0. The zero-order valence-corrected chi connectivity index (χ0v) is 7.30. The highest BCUT2D eigenvalue weighted by molar-refractivity contribution is 4.97. The fourth-order valence-corrected chi connectivity index (χ4v) is 1.10. The molecular weight excluding hydrogens is 140 g/mol. The van der Waals surface area contributed by atoms with E-state index in [1.165, 1.54) is 5.57 Å². The lowest BCUT2D eigenvalue weighted by Gasteiger charge is -2.21. The van der Waals surface area contributed by atoms with Crippen LogP contribution in [-0.4, -0.2) is 19.3 Å². The Hall–Kier alpha value is -0.500. The van der Waals surface area contributed by atoms with Crippen molar-refractivity contribution in [3.63, 3.8) is 0 Å². The van der Waals surface area contributed by atoms with Crippen LogP contribution in [0.5, 0.6) is 0 Å². The van der Waals surface area contributed by atoms with Gasteiger partial charge in [0.05, 0.1) is 12.9 Å². The van der Waals surface area contributed by atoms with Gasteiger partial charge < -0.3 is 9.47 Å². The Labute approximate surface area is 68.2 Å². The van der Waals surface area contributed by atoms with E-state index in [0.717, 1.165) is 26.1 Å². The SMILES string of the molecule is CCOCC1CCC(C)=CO1. The zero-order valence-electron chi connectivity index (χ0n) is 7.30. The maximum Gasteiger partial charge on any atom is 0.121 e. The van der Waals surface area contributed by atoms with Crippen molar-refractivity contribution in [2.45, 2.75) is 32.8 Å². The zero-order chi connectivity index (χ0) is 8.10. The summed E-state index contributed by atoms with van der Waals surface area (Å²) in [4.78, 5) is 0. The predicted octanol–water partition coefficient (Wildman–Crippen LogP) is 2.11. The smallest absolute Gasteiger partial charge is 0.121 e. The molecule has 1 aliphatic heterocycles. The van der Waals surface area contributed by atoms with Gasteiger partial charge in [-0.15, -0.1) is 0 Å². The molecule has 1 rings (SSSR count). The Bertz CT molecular complexity index is 140. The Morgan fingerprint density at radius 2 is 2.55 bits per heavy atom. The van der Waals surface area contributed by atoms with Gasteiger partial charge in [0, 0.05) is 6.61 Å². The van der Waals surface area contributed by atoms with E-state index in [1.54, 1.807) is 0 Å². The third kappa shape index (κ3) is 2.93. The van der Waals surface area contributed by atoms with E-state index in [4.69, 9.17) is 9.47 Å². The molecule has 0 bridgehead atoms. The molecule has 0 aliphatic carbocycles. The Morgan fingerprint density at radius 3 is 3.09 bits per heavy atom. The van der Waals surface area contributed by atoms with Gasteiger partial charge >= 0.3 is 0 Å². The van der Waals surface area contributed by atoms with Crippen molar-refractivity contribution in [1.82, 2.24) is 0 Å². The van der Waals surface area contributed by atoms with Crippen LogP contribution in [0.3, 0.4) is 0 Å². The van der Waals surface area contributed by atoms with Crippen LogP contribution >= 0.6 is 0 Å². The lowest BCUT2D eigenvalue weighted by atomic mass is 10.1. The van der Waals surface area contributed by atoms with Crippen molar-refractivity contribution < 1.29 is 9.47 Å². The number of hydrogen-bond donors (Lipinski definition) is 0. The molecule has 0 aromatic rings. The Balaban J connectivity index is 2.18. The number of hydrogen-bond acceptors (Lipinski definition) is 2. The molecule has 1 aliphatic rings. The van der Waals surface area contributed by atoms with E-state index in [0.29, 0.717) is 6.10 Å². The fourth-order valence-electron chi connectivity index (χ4n) is 1.10. The average Bonchev–Trinajstić information content (AvgIpc) is 2.04. The molecule has 0 amide bonds. The summed E-state index contributed by atoms with van der Waals surface area (Å²) in [5.41, 5.74) is 1.33. The third-order valence-electron chi connectivity index (χ3n) is 1.83. The molecule has 0 aromatic heterocycles. The first-order valence-electron chi connectivity index (χ1n) is 4.21. The lowest BCUT2D eigenvalue weighted by Crippen LogP contribution is -2.20. The quantitative estimate of drug-likeness (QED) is 0.623. The molecule has 0 radical (unpaired) electrons. The van der Waals surface area contributed by atoms with E-state index >= 15 is 0 Å².